The molecular formula is C17H13ClN2OS. The van der Waals surface area contributed by atoms with Gasteiger partial charge in [-0.25, -0.2) is 9.97 Å². The zero-order chi connectivity index (χ0) is 15.5. The summed E-state index contributed by atoms with van der Waals surface area (Å²) in [5, 5.41) is 0.702. The smallest absolute Gasteiger partial charge is 0.170 e. The molecule has 0 saturated heterocycles. The van der Waals surface area contributed by atoms with Crippen LogP contribution in [0, 0.1) is 0 Å². The summed E-state index contributed by atoms with van der Waals surface area (Å²) in [4.78, 5) is 23.7. The summed E-state index contributed by atoms with van der Waals surface area (Å²) < 4.78 is 0. The summed E-state index contributed by atoms with van der Waals surface area (Å²) in [5.41, 5.74) is 3.16. The summed E-state index contributed by atoms with van der Waals surface area (Å²) in [5.74, 6) is 0.155. The second-order valence-corrected chi connectivity index (χ2v) is 7.57. The number of aromatic nitrogens is 2. The number of benzene rings is 1. The van der Waals surface area contributed by atoms with Crippen LogP contribution in [-0.4, -0.2) is 15.8 Å². The number of carbonyl (C=O) groups is 1. The number of allylic oxidation sites excluding steroid dienone is 1. The third-order valence-corrected chi connectivity index (χ3v) is 5.82. The van der Waals surface area contributed by atoms with Crippen LogP contribution in [0.25, 0.3) is 4.91 Å². The van der Waals surface area contributed by atoms with Crippen molar-refractivity contribution in [3.63, 3.8) is 0 Å². The summed E-state index contributed by atoms with van der Waals surface area (Å²) in [7, 11) is 0. The largest absolute Gasteiger partial charge is 0.294 e. The van der Waals surface area contributed by atoms with Gasteiger partial charge in [-0.3, -0.25) is 4.79 Å². The minimum absolute atomic E-state index is 0.155. The molecule has 2 heterocycles. The number of hydrogen-bond acceptors (Lipinski definition) is 4. The van der Waals surface area contributed by atoms with Crippen LogP contribution in [0.5, 0.6) is 0 Å². The van der Waals surface area contributed by atoms with Gasteiger partial charge in [0, 0.05) is 38.6 Å². The van der Waals surface area contributed by atoms with Crippen molar-refractivity contribution in [3.05, 3.63) is 58.1 Å². The molecule has 0 spiro atoms. The minimum atomic E-state index is -0.591. The van der Waals surface area contributed by atoms with Gasteiger partial charge >= 0.3 is 0 Å². The quantitative estimate of drug-likeness (QED) is 0.731. The van der Waals surface area contributed by atoms with E-state index in [4.69, 9.17) is 11.6 Å². The van der Waals surface area contributed by atoms with Crippen LogP contribution >= 0.6 is 23.4 Å². The molecule has 1 aromatic heterocycles. The van der Waals surface area contributed by atoms with Crippen LogP contribution in [0.3, 0.4) is 0 Å². The first-order valence-corrected chi connectivity index (χ1v) is 8.23. The molecule has 3 nitrogen and oxygen atoms in total. The van der Waals surface area contributed by atoms with Gasteiger partial charge in [0.05, 0.1) is 11.1 Å². The van der Waals surface area contributed by atoms with Crippen LogP contribution < -0.4 is 0 Å². The number of ketones is 1. The molecule has 1 aliphatic heterocycles. The summed E-state index contributed by atoms with van der Waals surface area (Å²) in [6.07, 6.45) is 3.93. The molecule has 0 bridgehead atoms. The van der Waals surface area contributed by atoms with E-state index in [9.17, 15) is 4.79 Å². The average Bonchev–Trinajstić information content (AvgIpc) is 2.52. The highest BCUT2D eigenvalue weighted by molar-refractivity contribution is 8.08. The van der Waals surface area contributed by atoms with Crippen molar-refractivity contribution in [1.29, 1.82) is 0 Å². The van der Waals surface area contributed by atoms with Gasteiger partial charge in [-0.15, -0.1) is 0 Å². The highest BCUT2D eigenvalue weighted by Crippen LogP contribution is 2.50. The Balaban J connectivity index is 1.94. The lowest BCUT2D eigenvalue weighted by molar-refractivity contribution is -0.120. The predicted octanol–water partition coefficient (Wildman–Crippen LogP) is 4.05. The number of halogens is 1. The number of nitrogens with zero attached hydrogens (tertiary/aromatic N) is 2. The van der Waals surface area contributed by atoms with Gasteiger partial charge in [-0.05, 0) is 37.6 Å². The molecular weight excluding hydrogens is 316 g/mol. The number of hydrogen-bond donors (Lipinski definition) is 0. The normalized spacial score (nSPS) is 18.6. The molecule has 0 fully saturated rings. The van der Waals surface area contributed by atoms with Gasteiger partial charge in [0.15, 0.2) is 5.78 Å². The van der Waals surface area contributed by atoms with E-state index in [0.29, 0.717) is 11.4 Å². The SMILES string of the molecule is CC1(C)C(=O)C2=C(Sc3ccc(Cl)cc3C2)c2ncncc21. The molecule has 0 N–H and O–H groups in total. The molecule has 22 heavy (non-hydrogen) atoms. The first kappa shape index (κ1) is 14.0. The fourth-order valence-electron chi connectivity index (χ4n) is 3.07. The van der Waals surface area contributed by atoms with Gasteiger partial charge in [-0.2, -0.15) is 0 Å². The standard InChI is InChI=1S/C17H13ClN2OS/c1-17(2)12-7-19-8-20-14(12)15-11(16(17)21)6-9-5-10(18)3-4-13(9)22-15/h3-5,7-8H,6H2,1-2H3. The molecule has 1 aliphatic carbocycles. The van der Waals surface area contributed by atoms with Crippen molar-refractivity contribution in [2.75, 3.05) is 0 Å². The van der Waals surface area contributed by atoms with Gasteiger partial charge in [0.1, 0.15) is 6.33 Å². The second-order valence-electron chi connectivity index (χ2n) is 6.08. The first-order valence-electron chi connectivity index (χ1n) is 7.03. The Morgan fingerprint density at radius 3 is 2.95 bits per heavy atom. The van der Waals surface area contributed by atoms with Crippen LogP contribution in [-0.2, 0) is 16.6 Å². The Kier molecular flexibility index (Phi) is 2.97. The maximum absolute atomic E-state index is 13.0. The molecule has 4 rings (SSSR count). The average molecular weight is 329 g/mol. The lowest BCUT2D eigenvalue weighted by Gasteiger charge is -2.35. The van der Waals surface area contributed by atoms with Crippen molar-refractivity contribution in [2.24, 2.45) is 0 Å². The third kappa shape index (κ3) is 1.87. The molecule has 1 aromatic carbocycles. The highest BCUT2D eigenvalue weighted by Gasteiger charge is 2.42. The number of thioether (sulfide) groups is 1. The Morgan fingerprint density at radius 2 is 2.14 bits per heavy atom. The van der Waals surface area contributed by atoms with Crippen LogP contribution in [0.4, 0.5) is 0 Å². The predicted molar refractivity (Wildman–Crippen MR) is 88.0 cm³/mol. The zero-order valence-corrected chi connectivity index (χ0v) is 13.8. The zero-order valence-electron chi connectivity index (χ0n) is 12.2. The molecule has 2 aliphatic rings. The first-order chi connectivity index (χ1) is 10.5. The Labute approximate surface area is 137 Å². The highest BCUT2D eigenvalue weighted by atomic mass is 35.5. The number of rotatable bonds is 0. The van der Waals surface area contributed by atoms with Crippen molar-refractivity contribution < 1.29 is 4.79 Å². The summed E-state index contributed by atoms with van der Waals surface area (Å²) >= 11 is 7.70. The fraction of sp³-hybridized carbons (Fsp3) is 0.235. The molecule has 0 unspecified atom stereocenters. The fourth-order valence-corrected chi connectivity index (χ4v) is 4.43. The van der Waals surface area contributed by atoms with Gasteiger partial charge in [0.25, 0.3) is 0 Å². The van der Waals surface area contributed by atoms with E-state index in [0.717, 1.165) is 32.2 Å². The molecule has 0 amide bonds. The van der Waals surface area contributed by atoms with E-state index in [2.05, 4.69) is 9.97 Å². The Morgan fingerprint density at radius 1 is 1.32 bits per heavy atom. The van der Waals surface area contributed by atoms with Gasteiger partial charge in [-0.1, -0.05) is 23.4 Å². The molecule has 0 saturated carbocycles. The molecule has 0 atom stereocenters. The van der Waals surface area contributed by atoms with E-state index < -0.39 is 5.41 Å². The van der Waals surface area contributed by atoms with E-state index in [1.54, 1.807) is 24.3 Å². The topological polar surface area (TPSA) is 42.9 Å². The number of carbonyl (C=O) groups excluding carboxylic acids is 1. The molecule has 0 radical (unpaired) electrons. The van der Waals surface area contributed by atoms with Crippen LogP contribution in [0.15, 0.2) is 41.2 Å². The molecule has 110 valence electrons. The van der Waals surface area contributed by atoms with Crippen LogP contribution in [0.2, 0.25) is 5.02 Å². The molecule has 5 heteroatoms. The summed E-state index contributed by atoms with van der Waals surface area (Å²) in [6, 6.07) is 5.84. The monoisotopic (exact) mass is 328 g/mol. The van der Waals surface area contributed by atoms with Crippen molar-refractivity contribution in [1.82, 2.24) is 9.97 Å². The number of Topliss-reactive ketones (excluding diaryl/α,β-unsaturated/α-hetero) is 1. The maximum Gasteiger partial charge on any atom is 0.170 e. The Bertz CT molecular complexity index is 857. The second kappa shape index (κ2) is 4.67. The van der Waals surface area contributed by atoms with E-state index >= 15 is 0 Å². The maximum atomic E-state index is 13.0. The lowest BCUT2D eigenvalue weighted by Crippen LogP contribution is -2.36. The summed E-state index contributed by atoms with van der Waals surface area (Å²) in [6.45, 7) is 3.89. The van der Waals surface area contributed by atoms with E-state index in [1.807, 2.05) is 32.0 Å². The van der Waals surface area contributed by atoms with Gasteiger partial charge < -0.3 is 0 Å². The van der Waals surface area contributed by atoms with Crippen LogP contribution in [0.1, 0.15) is 30.7 Å². The van der Waals surface area contributed by atoms with Crippen molar-refractivity contribution >= 4 is 34.1 Å². The van der Waals surface area contributed by atoms with E-state index in [1.165, 1.54) is 0 Å². The third-order valence-electron chi connectivity index (χ3n) is 4.32. The Hall–Kier alpha value is -1.65. The van der Waals surface area contributed by atoms with E-state index in [-0.39, 0.29) is 5.78 Å². The lowest BCUT2D eigenvalue weighted by atomic mass is 9.72. The van der Waals surface area contributed by atoms with Crippen molar-refractivity contribution in [3.8, 4) is 0 Å². The molecule has 2 aromatic rings. The van der Waals surface area contributed by atoms with Crippen molar-refractivity contribution in [2.45, 2.75) is 30.6 Å². The minimum Gasteiger partial charge on any atom is -0.294 e. The van der Waals surface area contributed by atoms with Gasteiger partial charge in [0.2, 0.25) is 0 Å². The number of fused-ring (bicyclic) bond motifs is 3.